The lowest BCUT2D eigenvalue weighted by Crippen LogP contribution is -2.34. The molecule has 0 fully saturated rings. The fraction of sp³-hybridized carbons (Fsp3) is 0.429. The van der Waals surface area contributed by atoms with Crippen molar-refractivity contribution in [1.82, 2.24) is 4.90 Å². The molecule has 0 bridgehead atoms. The van der Waals surface area contributed by atoms with Crippen LogP contribution in [0.5, 0.6) is 0 Å². The number of rotatable bonds is 8. The number of unbranched alkanes of at least 4 members (excludes halogenated alkanes) is 1. The number of carboxylic acids is 1. The molecule has 0 aliphatic rings. The van der Waals surface area contributed by atoms with E-state index in [0.717, 1.165) is 29.4 Å². The summed E-state index contributed by atoms with van der Waals surface area (Å²) in [7, 11) is 0. The number of hydrogen-bond acceptors (Lipinski definition) is 3. The van der Waals surface area contributed by atoms with E-state index in [1.165, 1.54) is 0 Å². The van der Waals surface area contributed by atoms with E-state index in [4.69, 9.17) is 10.8 Å². The number of primary amides is 1. The molecule has 0 saturated heterocycles. The number of carbonyl (C=O) groups is 2. The Morgan fingerprint density at radius 1 is 1.40 bits per heavy atom. The standard InChI is InChI=1S/C14H19BrN2O3/c1-2-3-6-17(9-13(16)18)8-11-5-4-10(14(19)20)7-12(11)15/h4-5,7H,2-3,6,8-9H2,1H3,(H2,16,18)(H,19,20). The number of carboxylic acid groups (broad SMARTS) is 1. The van der Waals surface area contributed by atoms with E-state index in [2.05, 4.69) is 22.9 Å². The SMILES string of the molecule is CCCCN(CC(N)=O)Cc1ccc(C(=O)O)cc1Br. The van der Waals surface area contributed by atoms with Crippen molar-refractivity contribution in [3.8, 4) is 0 Å². The predicted octanol–water partition coefficient (Wildman–Crippen LogP) is 2.23. The van der Waals surface area contributed by atoms with Crippen LogP contribution in [-0.2, 0) is 11.3 Å². The highest BCUT2D eigenvalue weighted by Crippen LogP contribution is 2.20. The zero-order valence-corrected chi connectivity index (χ0v) is 13.0. The first-order chi connectivity index (χ1) is 9.43. The van der Waals surface area contributed by atoms with E-state index in [0.29, 0.717) is 6.54 Å². The quantitative estimate of drug-likeness (QED) is 0.758. The summed E-state index contributed by atoms with van der Waals surface area (Å²) in [4.78, 5) is 23.9. The van der Waals surface area contributed by atoms with Crippen LogP contribution in [0.25, 0.3) is 0 Å². The molecule has 0 atom stereocenters. The van der Waals surface area contributed by atoms with Crippen molar-refractivity contribution in [3.63, 3.8) is 0 Å². The number of halogens is 1. The molecule has 1 amide bonds. The topological polar surface area (TPSA) is 83.6 Å². The minimum atomic E-state index is -0.961. The molecule has 110 valence electrons. The van der Waals surface area contributed by atoms with Gasteiger partial charge in [0.25, 0.3) is 0 Å². The second kappa shape index (κ2) is 8.01. The van der Waals surface area contributed by atoms with Gasteiger partial charge in [0.05, 0.1) is 12.1 Å². The van der Waals surface area contributed by atoms with E-state index in [-0.39, 0.29) is 18.0 Å². The van der Waals surface area contributed by atoms with Crippen molar-refractivity contribution >= 4 is 27.8 Å². The Hall–Kier alpha value is -1.40. The lowest BCUT2D eigenvalue weighted by molar-refractivity contribution is -0.119. The number of hydrogen-bond donors (Lipinski definition) is 2. The lowest BCUT2D eigenvalue weighted by Gasteiger charge is -2.21. The van der Waals surface area contributed by atoms with Crippen molar-refractivity contribution in [2.45, 2.75) is 26.3 Å². The van der Waals surface area contributed by atoms with Gasteiger partial charge in [-0.3, -0.25) is 9.69 Å². The van der Waals surface area contributed by atoms with Gasteiger partial charge in [-0.15, -0.1) is 0 Å². The lowest BCUT2D eigenvalue weighted by atomic mass is 10.1. The summed E-state index contributed by atoms with van der Waals surface area (Å²) >= 11 is 3.37. The summed E-state index contributed by atoms with van der Waals surface area (Å²) < 4.78 is 0.725. The van der Waals surface area contributed by atoms with Crippen LogP contribution in [0.1, 0.15) is 35.7 Å². The first-order valence-electron chi connectivity index (χ1n) is 6.46. The van der Waals surface area contributed by atoms with Gasteiger partial charge < -0.3 is 10.8 Å². The predicted molar refractivity (Wildman–Crippen MR) is 80.5 cm³/mol. The van der Waals surface area contributed by atoms with E-state index >= 15 is 0 Å². The van der Waals surface area contributed by atoms with Crippen molar-refractivity contribution < 1.29 is 14.7 Å². The Bertz CT molecular complexity index is 491. The Labute approximate surface area is 126 Å². The van der Waals surface area contributed by atoms with Gasteiger partial charge in [-0.2, -0.15) is 0 Å². The third-order valence-corrected chi connectivity index (χ3v) is 3.64. The van der Waals surface area contributed by atoms with Crippen molar-refractivity contribution in [1.29, 1.82) is 0 Å². The summed E-state index contributed by atoms with van der Waals surface area (Å²) in [5.74, 6) is -1.32. The Kier molecular flexibility index (Phi) is 6.67. The zero-order valence-electron chi connectivity index (χ0n) is 11.4. The molecule has 0 saturated carbocycles. The molecule has 6 heteroatoms. The van der Waals surface area contributed by atoms with Gasteiger partial charge in [0.15, 0.2) is 0 Å². The zero-order chi connectivity index (χ0) is 15.1. The van der Waals surface area contributed by atoms with Gasteiger partial charge in [-0.1, -0.05) is 35.3 Å². The summed E-state index contributed by atoms with van der Waals surface area (Å²) in [5.41, 5.74) is 6.42. The molecule has 0 heterocycles. The maximum absolute atomic E-state index is 11.1. The third-order valence-electron chi connectivity index (χ3n) is 2.90. The van der Waals surface area contributed by atoms with Crippen LogP contribution >= 0.6 is 15.9 Å². The molecular formula is C14H19BrN2O3. The normalized spacial score (nSPS) is 10.8. The Morgan fingerprint density at radius 2 is 2.10 bits per heavy atom. The second-order valence-electron chi connectivity index (χ2n) is 4.64. The number of benzene rings is 1. The van der Waals surface area contributed by atoms with E-state index < -0.39 is 5.97 Å². The van der Waals surface area contributed by atoms with Crippen LogP contribution in [0.15, 0.2) is 22.7 Å². The Balaban J connectivity index is 2.81. The highest BCUT2D eigenvalue weighted by atomic mass is 79.9. The number of aromatic carboxylic acids is 1. The van der Waals surface area contributed by atoms with Gasteiger partial charge in [0.2, 0.25) is 5.91 Å². The maximum atomic E-state index is 11.1. The second-order valence-corrected chi connectivity index (χ2v) is 5.50. The number of amides is 1. The van der Waals surface area contributed by atoms with Gasteiger partial charge >= 0.3 is 5.97 Å². The molecule has 0 aliphatic carbocycles. The number of nitrogens with zero attached hydrogens (tertiary/aromatic N) is 1. The molecule has 5 nitrogen and oxygen atoms in total. The fourth-order valence-corrected chi connectivity index (χ4v) is 2.37. The fourth-order valence-electron chi connectivity index (χ4n) is 1.87. The first kappa shape index (κ1) is 16.7. The van der Waals surface area contributed by atoms with Crippen LogP contribution in [0.2, 0.25) is 0 Å². The summed E-state index contributed by atoms with van der Waals surface area (Å²) in [6.07, 6.45) is 2.02. The summed E-state index contributed by atoms with van der Waals surface area (Å²) in [6, 6.07) is 4.89. The average molecular weight is 343 g/mol. The Morgan fingerprint density at radius 3 is 2.60 bits per heavy atom. The molecule has 20 heavy (non-hydrogen) atoms. The van der Waals surface area contributed by atoms with Crippen molar-refractivity contribution in [2.75, 3.05) is 13.1 Å². The molecule has 0 aliphatic heterocycles. The van der Waals surface area contributed by atoms with E-state index in [1.807, 2.05) is 4.90 Å². The van der Waals surface area contributed by atoms with Gasteiger partial charge in [-0.25, -0.2) is 4.79 Å². The van der Waals surface area contributed by atoms with Crippen LogP contribution in [0, 0.1) is 0 Å². The third kappa shape index (κ3) is 5.30. The minimum Gasteiger partial charge on any atom is -0.478 e. The van der Waals surface area contributed by atoms with Gasteiger partial charge in [-0.05, 0) is 30.7 Å². The van der Waals surface area contributed by atoms with Crippen molar-refractivity contribution in [3.05, 3.63) is 33.8 Å². The first-order valence-corrected chi connectivity index (χ1v) is 7.25. The van der Waals surface area contributed by atoms with Crippen LogP contribution in [-0.4, -0.2) is 35.0 Å². The number of carbonyl (C=O) groups excluding carboxylic acids is 1. The molecule has 0 aromatic heterocycles. The average Bonchev–Trinajstić information content (AvgIpc) is 2.37. The molecule has 0 spiro atoms. The number of nitrogens with two attached hydrogens (primary N) is 1. The van der Waals surface area contributed by atoms with Crippen LogP contribution in [0.4, 0.5) is 0 Å². The molecular weight excluding hydrogens is 324 g/mol. The molecule has 0 unspecified atom stereocenters. The highest BCUT2D eigenvalue weighted by Gasteiger charge is 2.12. The summed E-state index contributed by atoms with van der Waals surface area (Å²) in [6.45, 7) is 3.63. The van der Waals surface area contributed by atoms with E-state index in [1.54, 1.807) is 18.2 Å². The highest BCUT2D eigenvalue weighted by molar-refractivity contribution is 9.10. The molecule has 1 aromatic rings. The monoisotopic (exact) mass is 342 g/mol. The van der Waals surface area contributed by atoms with Crippen molar-refractivity contribution in [2.24, 2.45) is 5.73 Å². The smallest absolute Gasteiger partial charge is 0.335 e. The molecule has 1 rings (SSSR count). The molecule has 1 aromatic carbocycles. The largest absolute Gasteiger partial charge is 0.478 e. The summed E-state index contributed by atoms with van der Waals surface area (Å²) in [5, 5.41) is 8.92. The molecule has 0 radical (unpaired) electrons. The van der Waals surface area contributed by atoms with E-state index in [9.17, 15) is 9.59 Å². The minimum absolute atomic E-state index is 0.202. The van der Waals surface area contributed by atoms with Gasteiger partial charge in [0.1, 0.15) is 0 Å². The maximum Gasteiger partial charge on any atom is 0.335 e. The van der Waals surface area contributed by atoms with Gasteiger partial charge in [0, 0.05) is 11.0 Å². The molecule has 3 N–H and O–H groups in total. The van der Waals surface area contributed by atoms with Crippen LogP contribution < -0.4 is 5.73 Å². The van der Waals surface area contributed by atoms with Crippen LogP contribution in [0.3, 0.4) is 0 Å².